The summed E-state index contributed by atoms with van der Waals surface area (Å²) in [4.78, 5) is 23.2. The highest BCUT2D eigenvalue weighted by Crippen LogP contribution is 2.20. The van der Waals surface area contributed by atoms with Crippen LogP contribution < -0.4 is 9.47 Å². The van der Waals surface area contributed by atoms with E-state index in [1.807, 2.05) is 42.5 Å². The summed E-state index contributed by atoms with van der Waals surface area (Å²) in [7, 11) is 3.43. The van der Waals surface area contributed by atoms with Gasteiger partial charge < -0.3 is 18.9 Å². The molecule has 0 N–H and O–H groups in total. The SMILES string of the molecule is COc1cccc(OCCCn2c(CN(C)C(=O)c3ccncc3)nc3ccccc32)c1. The number of ether oxygens (including phenoxy) is 2. The molecule has 4 rings (SSSR count). The van der Waals surface area contributed by atoms with Crippen molar-refractivity contribution in [1.82, 2.24) is 19.4 Å². The highest BCUT2D eigenvalue weighted by atomic mass is 16.5. The zero-order valence-electron chi connectivity index (χ0n) is 18.3. The largest absolute Gasteiger partial charge is 0.497 e. The highest BCUT2D eigenvalue weighted by Gasteiger charge is 2.17. The van der Waals surface area contributed by atoms with Gasteiger partial charge in [0, 0.05) is 37.6 Å². The minimum atomic E-state index is -0.0626. The van der Waals surface area contributed by atoms with E-state index >= 15 is 0 Å². The molecule has 0 saturated carbocycles. The zero-order chi connectivity index (χ0) is 22.3. The molecule has 0 fully saturated rings. The van der Waals surface area contributed by atoms with Crippen molar-refractivity contribution in [2.75, 3.05) is 20.8 Å². The maximum atomic E-state index is 12.8. The van der Waals surface area contributed by atoms with Crippen LogP contribution in [0.2, 0.25) is 0 Å². The molecule has 0 bridgehead atoms. The fraction of sp³-hybridized carbons (Fsp3) is 0.240. The molecule has 2 aromatic heterocycles. The van der Waals surface area contributed by atoms with Crippen LogP contribution in [0.1, 0.15) is 22.6 Å². The van der Waals surface area contributed by atoms with Crippen LogP contribution >= 0.6 is 0 Å². The lowest BCUT2D eigenvalue weighted by atomic mass is 10.2. The first-order valence-electron chi connectivity index (χ1n) is 10.5. The van der Waals surface area contributed by atoms with Crippen molar-refractivity contribution in [3.63, 3.8) is 0 Å². The lowest BCUT2D eigenvalue weighted by Crippen LogP contribution is -2.28. The number of rotatable bonds is 9. The van der Waals surface area contributed by atoms with Crippen molar-refractivity contribution >= 4 is 16.9 Å². The van der Waals surface area contributed by atoms with Gasteiger partial charge in [-0.3, -0.25) is 9.78 Å². The fourth-order valence-corrected chi connectivity index (χ4v) is 3.60. The van der Waals surface area contributed by atoms with Gasteiger partial charge in [-0.2, -0.15) is 0 Å². The average molecular weight is 431 g/mol. The second-order valence-corrected chi connectivity index (χ2v) is 7.45. The summed E-state index contributed by atoms with van der Waals surface area (Å²) in [6.45, 7) is 1.70. The van der Waals surface area contributed by atoms with Crippen molar-refractivity contribution in [2.45, 2.75) is 19.5 Å². The summed E-state index contributed by atoms with van der Waals surface area (Å²) in [5, 5.41) is 0. The second kappa shape index (κ2) is 9.96. The first-order chi connectivity index (χ1) is 15.7. The molecule has 7 heteroatoms. The van der Waals surface area contributed by atoms with Crippen molar-refractivity contribution in [3.8, 4) is 11.5 Å². The molecule has 0 aliphatic heterocycles. The highest BCUT2D eigenvalue weighted by molar-refractivity contribution is 5.93. The molecule has 0 atom stereocenters. The molecule has 4 aromatic rings. The number of hydrogen-bond donors (Lipinski definition) is 0. The van der Waals surface area contributed by atoms with Gasteiger partial charge in [0.15, 0.2) is 0 Å². The van der Waals surface area contributed by atoms with Gasteiger partial charge in [0.05, 0.1) is 31.3 Å². The van der Waals surface area contributed by atoms with E-state index in [2.05, 4.69) is 15.6 Å². The molecular weight excluding hydrogens is 404 g/mol. The van der Waals surface area contributed by atoms with Gasteiger partial charge in [-0.15, -0.1) is 0 Å². The Bertz CT molecular complexity index is 1190. The van der Waals surface area contributed by atoms with Crippen LogP contribution in [-0.2, 0) is 13.1 Å². The Kier molecular flexibility index (Phi) is 6.65. The standard InChI is InChI=1S/C25H26N4O3/c1-28(25(30)19-11-13-26-14-12-19)18-24-27-22-9-3-4-10-23(22)29(24)15-6-16-32-21-8-5-7-20(17-21)31-2/h3-5,7-14,17H,6,15-16,18H2,1-2H3. The van der Waals surface area contributed by atoms with E-state index in [1.54, 1.807) is 43.6 Å². The normalized spacial score (nSPS) is 10.8. The van der Waals surface area contributed by atoms with Crippen LogP contribution in [0.4, 0.5) is 0 Å². The van der Waals surface area contributed by atoms with E-state index in [-0.39, 0.29) is 5.91 Å². The molecule has 164 valence electrons. The molecule has 0 spiro atoms. The van der Waals surface area contributed by atoms with E-state index in [9.17, 15) is 4.79 Å². The third-order valence-corrected chi connectivity index (χ3v) is 5.22. The van der Waals surface area contributed by atoms with E-state index in [0.29, 0.717) is 18.7 Å². The number of amides is 1. The van der Waals surface area contributed by atoms with Gasteiger partial charge in [-0.25, -0.2) is 4.98 Å². The second-order valence-electron chi connectivity index (χ2n) is 7.45. The van der Waals surface area contributed by atoms with E-state index < -0.39 is 0 Å². The minimum absolute atomic E-state index is 0.0626. The number of carbonyl (C=O) groups is 1. The van der Waals surface area contributed by atoms with Crippen LogP contribution in [0.25, 0.3) is 11.0 Å². The minimum Gasteiger partial charge on any atom is -0.497 e. The average Bonchev–Trinajstić information content (AvgIpc) is 3.18. The summed E-state index contributed by atoms with van der Waals surface area (Å²) >= 11 is 0. The van der Waals surface area contributed by atoms with Crippen LogP contribution in [-0.4, -0.2) is 46.1 Å². The van der Waals surface area contributed by atoms with E-state index in [0.717, 1.165) is 41.3 Å². The fourth-order valence-electron chi connectivity index (χ4n) is 3.60. The number of para-hydroxylation sites is 2. The number of methoxy groups -OCH3 is 1. The quantitative estimate of drug-likeness (QED) is 0.373. The monoisotopic (exact) mass is 430 g/mol. The van der Waals surface area contributed by atoms with Crippen LogP contribution in [0.15, 0.2) is 73.1 Å². The lowest BCUT2D eigenvalue weighted by molar-refractivity contribution is 0.0780. The van der Waals surface area contributed by atoms with Crippen LogP contribution in [0, 0.1) is 0 Å². The van der Waals surface area contributed by atoms with Crippen molar-refractivity contribution in [2.24, 2.45) is 0 Å². The molecule has 0 radical (unpaired) electrons. The Hall–Kier alpha value is -3.87. The molecule has 2 heterocycles. The number of benzene rings is 2. The maximum Gasteiger partial charge on any atom is 0.254 e. The number of imidazole rings is 1. The molecule has 7 nitrogen and oxygen atoms in total. The number of carbonyl (C=O) groups excluding carboxylic acids is 1. The van der Waals surface area contributed by atoms with E-state index in [1.165, 1.54) is 0 Å². The molecule has 32 heavy (non-hydrogen) atoms. The van der Waals surface area contributed by atoms with Crippen molar-refractivity contribution in [1.29, 1.82) is 0 Å². The third kappa shape index (κ3) is 4.88. The Balaban J connectivity index is 1.46. The Morgan fingerprint density at radius 3 is 2.62 bits per heavy atom. The number of nitrogens with zero attached hydrogens (tertiary/aromatic N) is 4. The zero-order valence-corrected chi connectivity index (χ0v) is 18.3. The summed E-state index contributed by atoms with van der Waals surface area (Å²) < 4.78 is 13.3. The summed E-state index contributed by atoms with van der Waals surface area (Å²) in [6, 6.07) is 19.1. The lowest BCUT2D eigenvalue weighted by Gasteiger charge is -2.18. The van der Waals surface area contributed by atoms with E-state index in [4.69, 9.17) is 14.5 Å². The van der Waals surface area contributed by atoms with Crippen LogP contribution in [0.5, 0.6) is 11.5 Å². The topological polar surface area (TPSA) is 69.5 Å². The van der Waals surface area contributed by atoms with Crippen molar-refractivity contribution in [3.05, 3.63) is 84.4 Å². The predicted molar refractivity (Wildman–Crippen MR) is 123 cm³/mol. The van der Waals surface area contributed by atoms with Gasteiger partial charge in [0.1, 0.15) is 17.3 Å². The van der Waals surface area contributed by atoms with Gasteiger partial charge >= 0.3 is 0 Å². The number of hydrogen-bond acceptors (Lipinski definition) is 5. The third-order valence-electron chi connectivity index (χ3n) is 5.22. The van der Waals surface area contributed by atoms with Gasteiger partial charge in [0.2, 0.25) is 0 Å². The van der Waals surface area contributed by atoms with Gasteiger partial charge in [-0.05, 0) is 42.8 Å². The number of pyridine rings is 1. The van der Waals surface area contributed by atoms with Crippen molar-refractivity contribution < 1.29 is 14.3 Å². The Morgan fingerprint density at radius 2 is 1.81 bits per heavy atom. The Morgan fingerprint density at radius 1 is 1.03 bits per heavy atom. The maximum absolute atomic E-state index is 12.8. The number of aromatic nitrogens is 3. The summed E-state index contributed by atoms with van der Waals surface area (Å²) in [6.07, 6.45) is 4.05. The first kappa shape index (κ1) is 21.4. The van der Waals surface area contributed by atoms with Gasteiger partial charge in [-0.1, -0.05) is 18.2 Å². The number of fused-ring (bicyclic) bond motifs is 1. The summed E-state index contributed by atoms with van der Waals surface area (Å²) in [5.74, 6) is 2.33. The Labute approximate surface area is 187 Å². The first-order valence-corrected chi connectivity index (χ1v) is 10.5. The molecule has 0 aliphatic rings. The molecule has 0 aliphatic carbocycles. The molecule has 2 aromatic carbocycles. The molecular formula is C25H26N4O3. The molecule has 0 unspecified atom stereocenters. The molecule has 0 saturated heterocycles. The number of aryl methyl sites for hydroxylation is 1. The molecule has 1 amide bonds. The van der Waals surface area contributed by atoms with Crippen LogP contribution in [0.3, 0.4) is 0 Å². The van der Waals surface area contributed by atoms with Gasteiger partial charge in [0.25, 0.3) is 5.91 Å². The predicted octanol–water partition coefficient (Wildman–Crippen LogP) is 4.18. The smallest absolute Gasteiger partial charge is 0.254 e. The summed E-state index contributed by atoms with van der Waals surface area (Å²) in [5.41, 5.74) is 2.58.